The number of carbonyl (C=O) groups excluding carboxylic acids is 1. The monoisotopic (exact) mass is 417 g/mol. The van der Waals surface area contributed by atoms with Crippen molar-refractivity contribution in [2.75, 3.05) is 26.2 Å². The highest BCUT2D eigenvalue weighted by Gasteiger charge is 2.32. The zero-order chi connectivity index (χ0) is 19.5. The summed E-state index contributed by atoms with van der Waals surface area (Å²) < 4.78 is 27.1. The Morgan fingerprint density at radius 2 is 1.59 bits per heavy atom. The molecule has 1 aliphatic rings. The number of carbonyl (C=O) groups is 1. The van der Waals surface area contributed by atoms with Crippen LogP contribution in [0.2, 0.25) is 0 Å². The molecular weight excluding hydrogens is 386 g/mol. The van der Waals surface area contributed by atoms with Crippen LogP contribution in [0.1, 0.15) is 45.6 Å². The Morgan fingerprint density at radius 3 is 2.04 bits per heavy atom. The topological polar surface area (TPSA) is 83.7 Å². The van der Waals surface area contributed by atoms with Crippen LogP contribution in [-0.2, 0) is 14.8 Å². The number of rotatable bonds is 6. The summed E-state index contributed by atoms with van der Waals surface area (Å²) in [5, 5.41) is 0. The van der Waals surface area contributed by atoms with Gasteiger partial charge in [0.1, 0.15) is 0 Å². The molecule has 27 heavy (non-hydrogen) atoms. The summed E-state index contributed by atoms with van der Waals surface area (Å²) in [4.78, 5) is 14.4. The van der Waals surface area contributed by atoms with Crippen molar-refractivity contribution >= 4 is 28.3 Å². The molecule has 2 atom stereocenters. The van der Waals surface area contributed by atoms with E-state index in [0.29, 0.717) is 37.0 Å². The Balaban J connectivity index is 0.00000364. The first-order chi connectivity index (χ1) is 12.2. The van der Waals surface area contributed by atoms with E-state index in [1.54, 1.807) is 17.0 Å². The number of piperazine rings is 1. The van der Waals surface area contributed by atoms with Gasteiger partial charge in [0, 0.05) is 26.2 Å². The molecular formula is C19H32ClN3O3S. The van der Waals surface area contributed by atoms with Crippen molar-refractivity contribution in [1.82, 2.24) is 9.21 Å². The van der Waals surface area contributed by atoms with Crippen LogP contribution in [0.3, 0.4) is 0 Å². The van der Waals surface area contributed by atoms with E-state index in [-0.39, 0.29) is 24.2 Å². The molecule has 2 N–H and O–H groups in total. The van der Waals surface area contributed by atoms with Gasteiger partial charge in [-0.05, 0) is 29.5 Å². The number of halogens is 1. The maximum atomic E-state index is 12.8. The predicted octanol–water partition coefficient (Wildman–Crippen LogP) is 2.44. The normalized spacial score (nSPS) is 18.1. The lowest BCUT2D eigenvalue weighted by atomic mass is 9.99. The van der Waals surface area contributed by atoms with Crippen molar-refractivity contribution in [3.8, 4) is 0 Å². The molecule has 1 aromatic carbocycles. The van der Waals surface area contributed by atoms with Crippen LogP contribution in [0.25, 0.3) is 0 Å². The highest BCUT2D eigenvalue weighted by Crippen LogP contribution is 2.21. The molecule has 8 heteroatoms. The fourth-order valence-corrected chi connectivity index (χ4v) is 4.45. The first-order valence-electron chi connectivity index (χ1n) is 9.33. The highest BCUT2D eigenvalue weighted by atomic mass is 35.5. The fraction of sp³-hybridized carbons (Fsp3) is 0.632. The molecule has 1 aliphatic heterocycles. The second kappa shape index (κ2) is 9.87. The van der Waals surface area contributed by atoms with Gasteiger partial charge >= 0.3 is 0 Å². The Kier molecular flexibility index (Phi) is 8.73. The van der Waals surface area contributed by atoms with Crippen molar-refractivity contribution in [1.29, 1.82) is 0 Å². The average molecular weight is 418 g/mol. The Morgan fingerprint density at radius 1 is 1.07 bits per heavy atom. The van der Waals surface area contributed by atoms with Crippen molar-refractivity contribution < 1.29 is 13.2 Å². The van der Waals surface area contributed by atoms with E-state index >= 15 is 0 Å². The summed E-state index contributed by atoms with van der Waals surface area (Å²) >= 11 is 0. The predicted molar refractivity (Wildman–Crippen MR) is 111 cm³/mol. The van der Waals surface area contributed by atoms with Gasteiger partial charge in [0.05, 0.1) is 10.9 Å². The van der Waals surface area contributed by atoms with Gasteiger partial charge in [-0.15, -0.1) is 12.4 Å². The fourth-order valence-electron chi connectivity index (χ4n) is 3.03. The number of sulfonamides is 1. The summed E-state index contributed by atoms with van der Waals surface area (Å²) in [6, 6.07) is 6.54. The van der Waals surface area contributed by atoms with Gasteiger partial charge in [0.2, 0.25) is 15.9 Å². The van der Waals surface area contributed by atoms with Gasteiger partial charge < -0.3 is 10.6 Å². The molecule has 1 heterocycles. The molecule has 1 saturated heterocycles. The Hall–Kier alpha value is -1.15. The van der Waals surface area contributed by atoms with Crippen LogP contribution >= 0.6 is 12.4 Å². The van der Waals surface area contributed by atoms with Gasteiger partial charge in [-0.25, -0.2) is 8.42 Å². The molecule has 2 rings (SSSR count). The molecule has 0 aromatic heterocycles. The molecule has 1 amide bonds. The maximum Gasteiger partial charge on any atom is 0.243 e. The lowest BCUT2D eigenvalue weighted by Gasteiger charge is -2.36. The van der Waals surface area contributed by atoms with Gasteiger partial charge in [0.15, 0.2) is 0 Å². The van der Waals surface area contributed by atoms with Gasteiger partial charge in [0.25, 0.3) is 0 Å². The smallest absolute Gasteiger partial charge is 0.243 e. The van der Waals surface area contributed by atoms with E-state index in [9.17, 15) is 13.2 Å². The minimum absolute atomic E-state index is 0. The minimum Gasteiger partial charge on any atom is -0.339 e. The van der Waals surface area contributed by atoms with E-state index in [0.717, 1.165) is 12.0 Å². The Bertz CT molecular complexity index is 714. The van der Waals surface area contributed by atoms with Crippen LogP contribution in [0, 0.1) is 5.92 Å². The summed E-state index contributed by atoms with van der Waals surface area (Å²) in [5.41, 5.74) is 7.14. The third-order valence-electron chi connectivity index (χ3n) is 5.28. The van der Waals surface area contributed by atoms with Crippen LogP contribution < -0.4 is 5.73 Å². The first kappa shape index (κ1) is 23.9. The lowest BCUT2D eigenvalue weighted by Crippen LogP contribution is -2.55. The second-order valence-electron chi connectivity index (χ2n) is 7.36. The maximum absolute atomic E-state index is 12.8. The largest absolute Gasteiger partial charge is 0.339 e. The first-order valence-corrected chi connectivity index (χ1v) is 10.8. The van der Waals surface area contributed by atoms with E-state index in [4.69, 9.17) is 5.73 Å². The number of amides is 1. The molecule has 0 radical (unpaired) electrons. The second-order valence-corrected chi connectivity index (χ2v) is 9.30. The Labute approximate surface area is 169 Å². The third kappa shape index (κ3) is 5.44. The number of hydrogen-bond acceptors (Lipinski definition) is 4. The zero-order valence-corrected chi connectivity index (χ0v) is 18.2. The molecule has 0 aliphatic carbocycles. The van der Waals surface area contributed by atoms with Gasteiger partial charge in [-0.1, -0.05) is 46.2 Å². The third-order valence-corrected chi connectivity index (χ3v) is 7.19. The quantitative estimate of drug-likeness (QED) is 0.770. The molecule has 1 fully saturated rings. The van der Waals surface area contributed by atoms with Crippen molar-refractivity contribution in [3.05, 3.63) is 29.8 Å². The van der Waals surface area contributed by atoms with Crippen LogP contribution in [-0.4, -0.2) is 55.8 Å². The molecule has 6 nitrogen and oxygen atoms in total. The summed E-state index contributed by atoms with van der Waals surface area (Å²) in [5.74, 6) is 0.387. The molecule has 0 spiro atoms. The number of nitrogens with two attached hydrogens (primary N) is 1. The van der Waals surface area contributed by atoms with Gasteiger partial charge in [-0.2, -0.15) is 4.31 Å². The van der Waals surface area contributed by atoms with Crippen molar-refractivity contribution in [2.24, 2.45) is 11.7 Å². The molecule has 0 bridgehead atoms. The number of hydrogen-bond donors (Lipinski definition) is 1. The van der Waals surface area contributed by atoms with Crippen LogP contribution in [0.4, 0.5) is 0 Å². The van der Waals surface area contributed by atoms with E-state index in [1.807, 2.05) is 26.0 Å². The summed E-state index contributed by atoms with van der Waals surface area (Å²) in [7, 11) is -3.53. The zero-order valence-electron chi connectivity index (χ0n) is 16.6. The van der Waals surface area contributed by atoms with Crippen molar-refractivity contribution in [3.63, 3.8) is 0 Å². The molecule has 1 aromatic rings. The van der Waals surface area contributed by atoms with E-state index in [2.05, 4.69) is 13.8 Å². The summed E-state index contributed by atoms with van der Waals surface area (Å²) in [6.45, 7) is 9.48. The SMILES string of the molecule is CCC(C)C(N)C(=O)N1CCN(S(=O)(=O)c2ccc(C(C)C)cc2)CC1.Cl. The minimum atomic E-state index is -3.53. The van der Waals surface area contributed by atoms with Crippen LogP contribution in [0.5, 0.6) is 0 Å². The molecule has 2 unspecified atom stereocenters. The van der Waals surface area contributed by atoms with Crippen LogP contribution in [0.15, 0.2) is 29.2 Å². The highest BCUT2D eigenvalue weighted by molar-refractivity contribution is 7.89. The van der Waals surface area contributed by atoms with Gasteiger partial charge in [-0.3, -0.25) is 4.79 Å². The van der Waals surface area contributed by atoms with E-state index in [1.165, 1.54) is 4.31 Å². The standard InChI is InChI=1S/C19H31N3O3S.ClH/c1-5-15(4)18(20)19(23)21-10-12-22(13-11-21)26(24,25)17-8-6-16(7-9-17)14(2)3;/h6-9,14-15,18H,5,10-13,20H2,1-4H3;1H. The molecule has 154 valence electrons. The van der Waals surface area contributed by atoms with E-state index < -0.39 is 16.1 Å². The average Bonchev–Trinajstić information content (AvgIpc) is 2.66. The van der Waals surface area contributed by atoms with Crippen molar-refractivity contribution in [2.45, 2.75) is 51.0 Å². The number of nitrogens with zero attached hydrogens (tertiary/aromatic N) is 2. The molecule has 0 saturated carbocycles. The number of benzene rings is 1. The lowest BCUT2D eigenvalue weighted by molar-refractivity contribution is -0.134. The summed E-state index contributed by atoms with van der Waals surface area (Å²) in [6.07, 6.45) is 0.841.